The van der Waals surface area contributed by atoms with Crippen LogP contribution in [0.4, 0.5) is 0 Å². The number of aryl methyl sites for hydroxylation is 2. The number of tetrazole rings is 1. The lowest BCUT2D eigenvalue weighted by Crippen LogP contribution is -2.10. The van der Waals surface area contributed by atoms with E-state index in [-0.39, 0.29) is 6.10 Å². The van der Waals surface area contributed by atoms with Gasteiger partial charge in [0.05, 0.1) is 26.0 Å². The summed E-state index contributed by atoms with van der Waals surface area (Å²) in [5.41, 5.74) is 3.83. The molecule has 9 heteroatoms. The number of pyridine rings is 1. The third-order valence-electron chi connectivity index (χ3n) is 5.31. The van der Waals surface area contributed by atoms with E-state index in [1.165, 1.54) is 0 Å². The van der Waals surface area contributed by atoms with Gasteiger partial charge in [-0.3, -0.25) is 4.98 Å². The predicted octanol–water partition coefficient (Wildman–Crippen LogP) is 4.43. The van der Waals surface area contributed by atoms with Gasteiger partial charge in [-0.15, -0.1) is 10.2 Å². The van der Waals surface area contributed by atoms with E-state index >= 15 is 0 Å². The number of aromatic amines is 1. The van der Waals surface area contributed by atoms with Gasteiger partial charge in [-0.25, -0.2) is 0 Å². The van der Waals surface area contributed by atoms with Crippen molar-refractivity contribution in [3.05, 3.63) is 71.5 Å². The van der Waals surface area contributed by atoms with E-state index in [2.05, 4.69) is 37.7 Å². The first kappa shape index (κ1) is 24.0. The highest BCUT2D eigenvalue weighted by Crippen LogP contribution is 2.33. The number of hydrogen-bond acceptors (Lipinski definition) is 8. The number of nitrogens with one attached hydrogen (secondary N) is 1. The van der Waals surface area contributed by atoms with E-state index in [0.717, 1.165) is 28.8 Å². The zero-order valence-electron chi connectivity index (χ0n) is 20.3. The van der Waals surface area contributed by atoms with Gasteiger partial charge in [0.1, 0.15) is 18.1 Å². The molecular formula is C26H29N5O4. The molecule has 0 radical (unpaired) electrons. The van der Waals surface area contributed by atoms with Gasteiger partial charge < -0.3 is 18.9 Å². The second-order valence-electron chi connectivity index (χ2n) is 8.19. The Morgan fingerprint density at radius 3 is 2.26 bits per heavy atom. The van der Waals surface area contributed by atoms with Gasteiger partial charge in [0.25, 0.3) is 0 Å². The standard InChI is InChI=1S/C26H29N5O4/c1-17(2)35-24-11-12-27-23(10-7-18-5-8-20(9-6-18)26-28-30-31-29-26)25(24)34-16-19-13-21(32-3)15-22(14-19)33-4/h5-6,8-9,11-15,17H,7,10,16H2,1-4H3,(H,28,29,30,31). The van der Waals surface area contributed by atoms with Crippen molar-refractivity contribution in [1.29, 1.82) is 0 Å². The summed E-state index contributed by atoms with van der Waals surface area (Å²) in [6.45, 7) is 4.30. The third-order valence-corrected chi connectivity index (χ3v) is 5.31. The summed E-state index contributed by atoms with van der Waals surface area (Å²) < 4.78 is 23.1. The zero-order valence-corrected chi connectivity index (χ0v) is 20.3. The molecule has 2 heterocycles. The van der Waals surface area contributed by atoms with Crippen LogP contribution in [-0.2, 0) is 19.4 Å². The van der Waals surface area contributed by atoms with Crippen molar-refractivity contribution in [1.82, 2.24) is 25.6 Å². The van der Waals surface area contributed by atoms with Crippen LogP contribution in [0.15, 0.2) is 54.7 Å². The molecule has 35 heavy (non-hydrogen) atoms. The van der Waals surface area contributed by atoms with Crippen molar-refractivity contribution >= 4 is 0 Å². The normalized spacial score (nSPS) is 10.9. The summed E-state index contributed by atoms with van der Waals surface area (Å²) in [5.74, 6) is 3.30. The fourth-order valence-electron chi connectivity index (χ4n) is 3.62. The SMILES string of the molecule is COc1cc(COc2c(OC(C)C)ccnc2CCc2ccc(-c3nn[nH]n3)cc2)cc(OC)c1. The molecule has 0 amide bonds. The van der Waals surface area contributed by atoms with E-state index in [1.54, 1.807) is 20.4 Å². The molecule has 0 saturated heterocycles. The number of hydrogen-bond donors (Lipinski definition) is 1. The molecule has 0 fully saturated rings. The Balaban J connectivity index is 1.52. The number of nitrogens with zero attached hydrogens (tertiary/aromatic N) is 4. The van der Waals surface area contributed by atoms with E-state index in [0.29, 0.717) is 41.9 Å². The van der Waals surface area contributed by atoms with Gasteiger partial charge in [-0.1, -0.05) is 24.3 Å². The molecule has 9 nitrogen and oxygen atoms in total. The van der Waals surface area contributed by atoms with Crippen LogP contribution in [0.3, 0.4) is 0 Å². The minimum atomic E-state index is 0.00204. The molecule has 4 aromatic rings. The van der Waals surface area contributed by atoms with Gasteiger partial charge in [0.2, 0.25) is 5.82 Å². The summed E-state index contributed by atoms with van der Waals surface area (Å²) in [7, 11) is 3.25. The molecule has 2 aromatic carbocycles. The van der Waals surface area contributed by atoms with Crippen LogP contribution in [0.2, 0.25) is 0 Å². The maximum absolute atomic E-state index is 6.29. The molecule has 0 spiro atoms. The maximum Gasteiger partial charge on any atom is 0.204 e. The van der Waals surface area contributed by atoms with Crippen LogP contribution in [0.1, 0.15) is 30.7 Å². The number of methoxy groups -OCH3 is 2. The number of rotatable bonds is 11. The van der Waals surface area contributed by atoms with E-state index in [9.17, 15) is 0 Å². The average molecular weight is 476 g/mol. The summed E-state index contributed by atoms with van der Waals surface area (Å²) in [6, 6.07) is 15.6. The molecule has 0 aliphatic heterocycles. The second kappa shape index (κ2) is 11.3. The molecule has 4 rings (SSSR count). The molecule has 0 unspecified atom stereocenters. The number of ether oxygens (including phenoxy) is 4. The lowest BCUT2D eigenvalue weighted by Gasteiger charge is -2.18. The Kier molecular flexibility index (Phi) is 7.77. The van der Waals surface area contributed by atoms with Crippen LogP contribution < -0.4 is 18.9 Å². The van der Waals surface area contributed by atoms with Crippen LogP contribution in [0.5, 0.6) is 23.0 Å². The fourth-order valence-corrected chi connectivity index (χ4v) is 3.62. The third kappa shape index (κ3) is 6.26. The summed E-state index contributed by atoms with van der Waals surface area (Å²) in [5, 5.41) is 14.1. The minimum absolute atomic E-state index is 0.00204. The lowest BCUT2D eigenvalue weighted by molar-refractivity contribution is 0.216. The topological polar surface area (TPSA) is 104 Å². The summed E-state index contributed by atoms with van der Waals surface area (Å²) >= 11 is 0. The minimum Gasteiger partial charge on any atom is -0.497 e. The fraction of sp³-hybridized carbons (Fsp3) is 0.308. The smallest absolute Gasteiger partial charge is 0.204 e. The molecule has 1 N–H and O–H groups in total. The number of aromatic nitrogens is 5. The van der Waals surface area contributed by atoms with Gasteiger partial charge in [-0.05, 0) is 55.2 Å². The van der Waals surface area contributed by atoms with Crippen LogP contribution >= 0.6 is 0 Å². The molecular weight excluding hydrogens is 446 g/mol. The Labute approximate surface area is 204 Å². The van der Waals surface area contributed by atoms with Gasteiger partial charge in [-0.2, -0.15) is 5.21 Å². The highest BCUT2D eigenvalue weighted by atomic mass is 16.5. The Morgan fingerprint density at radius 2 is 1.63 bits per heavy atom. The molecule has 0 aliphatic carbocycles. The largest absolute Gasteiger partial charge is 0.497 e. The molecule has 0 atom stereocenters. The molecule has 0 bridgehead atoms. The van der Waals surface area contributed by atoms with Gasteiger partial charge >= 0.3 is 0 Å². The van der Waals surface area contributed by atoms with Crippen LogP contribution in [0, 0.1) is 0 Å². The second-order valence-corrected chi connectivity index (χ2v) is 8.19. The van der Waals surface area contributed by atoms with E-state index < -0.39 is 0 Å². The monoisotopic (exact) mass is 475 g/mol. The van der Waals surface area contributed by atoms with Gasteiger partial charge in [0.15, 0.2) is 11.5 Å². The average Bonchev–Trinajstić information content (AvgIpc) is 3.41. The van der Waals surface area contributed by atoms with Crippen LogP contribution in [-0.4, -0.2) is 45.9 Å². The quantitative estimate of drug-likeness (QED) is 0.340. The zero-order chi connectivity index (χ0) is 24.6. The van der Waals surface area contributed by atoms with E-state index in [4.69, 9.17) is 18.9 Å². The van der Waals surface area contributed by atoms with Crippen molar-refractivity contribution < 1.29 is 18.9 Å². The maximum atomic E-state index is 6.29. The van der Waals surface area contributed by atoms with Crippen molar-refractivity contribution in [2.24, 2.45) is 0 Å². The predicted molar refractivity (Wildman–Crippen MR) is 131 cm³/mol. The highest BCUT2D eigenvalue weighted by molar-refractivity contribution is 5.54. The van der Waals surface area contributed by atoms with Crippen molar-refractivity contribution in [3.8, 4) is 34.4 Å². The van der Waals surface area contributed by atoms with Crippen LogP contribution in [0.25, 0.3) is 11.4 Å². The van der Waals surface area contributed by atoms with Crippen molar-refractivity contribution in [2.75, 3.05) is 14.2 Å². The Hall–Kier alpha value is -4.14. The number of benzene rings is 2. The lowest BCUT2D eigenvalue weighted by atomic mass is 10.0. The van der Waals surface area contributed by atoms with Gasteiger partial charge in [0, 0.05) is 23.9 Å². The first-order valence-electron chi connectivity index (χ1n) is 11.4. The molecule has 182 valence electrons. The first-order chi connectivity index (χ1) is 17.1. The molecule has 0 saturated carbocycles. The van der Waals surface area contributed by atoms with Crippen molar-refractivity contribution in [3.63, 3.8) is 0 Å². The Morgan fingerprint density at radius 1 is 0.886 bits per heavy atom. The molecule has 0 aliphatic rings. The summed E-state index contributed by atoms with van der Waals surface area (Å²) in [4.78, 5) is 4.61. The van der Waals surface area contributed by atoms with E-state index in [1.807, 2.05) is 50.2 Å². The Bertz CT molecular complexity index is 1200. The van der Waals surface area contributed by atoms with Crippen molar-refractivity contribution in [2.45, 2.75) is 39.4 Å². The summed E-state index contributed by atoms with van der Waals surface area (Å²) in [6.07, 6.45) is 3.23. The first-order valence-corrected chi connectivity index (χ1v) is 11.4. The highest BCUT2D eigenvalue weighted by Gasteiger charge is 2.15. The molecule has 2 aromatic heterocycles. The number of H-pyrrole nitrogens is 1.